The molecule has 0 unspecified atom stereocenters. The summed E-state index contributed by atoms with van der Waals surface area (Å²) < 4.78 is 38.0. The van der Waals surface area contributed by atoms with Gasteiger partial charge in [-0.15, -0.1) is 11.3 Å². The van der Waals surface area contributed by atoms with Gasteiger partial charge in [0.15, 0.2) is 0 Å². The number of nitrogens with one attached hydrogen (secondary N) is 1. The molecule has 1 N–H and O–H groups in total. The van der Waals surface area contributed by atoms with Gasteiger partial charge in [-0.05, 0) is 62.9 Å². The molecule has 0 atom stereocenters. The second-order valence-corrected chi connectivity index (χ2v) is 13.7. The van der Waals surface area contributed by atoms with Gasteiger partial charge in [-0.2, -0.15) is 4.31 Å². The maximum absolute atomic E-state index is 13.9. The quantitative estimate of drug-likeness (QED) is 0.297. The van der Waals surface area contributed by atoms with Crippen LogP contribution in [0.1, 0.15) is 71.7 Å². The van der Waals surface area contributed by atoms with Crippen molar-refractivity contribution in [1.82, 2.24) is 14.1 Å². The van der Waals surface area contributed by atoms with E-state index < -0.39 is 10.0 Å². The second kappa shape index (κ2) is 15.9. The molecule has 1 aliphatic heterocycles. The smallest absolute Gasteiger partial charge is 0.257 e. The Morgan fingerprint density at radius 3 is 2.12 bits per heavy atom. The lowest BCUT2D eigenvalue weighted by atomic mass is 10.0. The van der Waals surface area contributed by atoms with Gasteiger partial charge in [-0.3, -0.25) is 14.5 Å². The summed E-state index contributed by atoms with van der Waals surface area (Å²) in [5, 5.41) is 3.56. The van der Waals surface area contributed by atoms with Crippen LogP contribution in [0.4, 0.5) is 5.00 Å². The molecule has 0 bridgehead atoms. The summed E-state index contributed by atoms with van der Waals surface area (Å²) in [7, 11) is -0.777. The number of nitrogens with zero attached hydrogens (tertiary/aromatic N) is 3. The van der Waals surface area contributed by atoms with E-state index in [2.05, 4.69) is 37.9 Å². The van der Waals surface area contributed by atoms with Gasteiger partial charge in [0.1, 0.15) is 5.00 Å². The van der Waals surface area contributed by atoms with Crippen molar-refractivity contribution >= 4 is 38.2 Å². The van der Waals surface area contributed by atoms with E-state index in [1.54, 1.807) is 0 Å². The predicted octanol–water partition coefficient (Wildman–Crippen LogP) is 4.31. The average molecular weight is 623 g/mol. The van der Waals surface area contributed by atoms with Crippen molar-refractivity contribution in [3.63, 3.8) is 0 Å². The topological polar surface area (TPSA) is 108 Å². The summed E-state index contributed by atoms with van der Waals surface area (Å²) in [5.41, 5.74) is 1.93. The second-order valence-electron chi connectivity index (χ2n) is 10.7. The number of carbonyl (C=O) groups is 2. The molecule has 1 aromatic heterocycles. The first-order chi connectivity index (χ1) is 20.1. The Balaban J connectivity index is 1.90. The van der Waals surface area contributed by atoms with Crippen LogP contribution in [0, 0.1) is 0 Å². The van der Waals surface area contributed by atoms with Gasteiger partial charge >= 0.3 is 0 Å². The lowest BCUT2D eigenvalue weighted by Crippen LogP contribution is -2.37. The molecule has 3 rings (SSSR count). The average Bonchev–Trinajstić information content (AvgIpc) is 3.33. The fourth-order valence-corrected chi connectivity index (χ4v) is 7.70. The number of amides is 2. The van der Waals surface area contributed by atoms with Crippen LogP contribution in [0.5, 0.6) is 0 Å². The molecule has 0 saturated heterocycles. The highest BCUT2D eigenvalue weighted by Crippen LogP contribution is 2.38. The molecule has 10 nitrogen and oxygen atoms in total. The van der Waals surface area contributed by atoms with Crippen LogP contribution in [0.3, 0.4) is 0 Å². The molecule has 2 heterocycles. The van der Waals surface area contributed by atoms with E-state index in [4.69, 9.17) is 9.47 Å². The van der Waals surface area contributed by atoms with Crippen molar-refractivity contribution in [2.75, 3.05) is 65.5 Å². The Morgan fingerprint density at radius 1 is 1.00 bits per heavy atom. The van der Waals surface area contributed by atoms with Crippen LogP contribution in [0.25, 0.3) is 0 Å². The number of fused-ring (bicyclic) bond motifs is 1. The number of benzene rings is 1. The van der Waals surface area contributed by atoms with E-state index in [0.717, 1.165) is 42.8 Å². The zero-order chi connectivity index (χ0) is 30.9. The number of thiophene rings is 1. The minimum absolute atomic E-state index is 0.0434. The molecular weight excluding hydrogens is 576 g/mol. The number of carbonyl (C=O) groups excluding carboxylic acids is 2. The first-order valence-electron chi connectivity index (χ1n) is 14.7. The number of ether oxygens (including phenoxy) is 2. The predicted molar refractivity (Wildman–Crippen MR) is 167 cm³/mol. The fraction of sp³-hybridized carbons (Fsp3) is 0.600. The van der Waals surface area contributed by atoms with Crippen LogP contribution < -0.4 is 5.32 Å². The van der Waals surface area contributed by atoms with Crippen LogP contribution in [-0.2, 0) is 32.5 Å². The Hall–Kier alpha value is -2.35. The summed E-state index contributed by atoms with van der Waals surface area (Å²) in [6.45, 7) is 12.2. The molecule has 0 aliphatic carbocycles. The summed E-state index contributed by atoms with van der Waals surface area (Å²) in [6.07, 6.45) is 2.46. The summed E-state index contributed by atoms with van der Waals surface area (Å²) in [4.78, 5) is 32.7. The highest BCUT2D eigenvalue weighted by molar-refractivity contribution is 7.89. The Bertz CT molecular complexity index is 1280. The van der Waals surface area contributed by atoms with E-state index in [1.807, 2.05) is 4.90 Å². The number of hydrogen-bond donors (Lipinski definition) is 1. The first kappa shape index (κ1) is 34.1. The normalized spacial score (nSPS) is 13.9. The molecule has 12 heteroatoms. The molecule has 234 valence electrons. The van der Waals surface area contributed by atoms with Gasteiger partial charge in [-0.25, -0.2) is 8.42 Å². The Kier molecular flexibility index (Phi) is 12.9. The van der Waals surface area contributed by atoms with Crippen molar-refractivity contribution in [3.8, 4) is 0 Å². The summed E-state index contributed by atoms with van der Waals surface area (Å²) >= 11 is 1.47. The number of sulfonamides is 1. The standard InChI is InChI=1S/C30H46N4O6S2/c1-7-14-32(15-8-2)30(36)27-25-13-16-33(22(3)4)21-26(25)41-29(27)31-28(35)23-9-11-24(12-10-23)42(37,38)34(17-19-39-5)18-20-40-6/h9-12,22H,7-8,13-21H2,1-6H3,(H,31,35). The molecule has 1 aliphatic rings. The van der Waals surface area contributed by atoms with Crippen LogP contribution in [-0.4, -0.2) is 101 Å². The molecule has 2 amide bonds. The van der Waals surface area contributed by atoms with E-state index in [-0.39, 0.29) is 43.0 Å². The van der Waals surface area contributed by atoms with Crippen molar-refractivity contribution in [1.29, 1.82) is 0 Å². The van der Waals surface area contributed by atoms with Gasteiger partial charge in [-0.1, -0.05) is 13.8 Å². The lowest BCUT2D eigenvalue weighted by molar-refractivity contribution is 0.0755. The number of rotatable bonds is 16. The van der Waals surface area contributed by atoms with Crippen LogP contribution >= 0.6 is 11.3 Å². The van der Waals surface area contributed by atoms with E-state index in [9.17, 15) is 18.0 Å². The van der Waals surface area contributed by atoms with E-state index in [1.165, 1.54) is 54.1 Å². The van der Waals surface area contributed by atoms with Crippen LogP contribution in [0.2, 0.25) is 0 Å². The number of methoxy groups -OCH3 is 2. The van der Waals surface area contributed by atoms with Crippen molar-refractivity contribution in [3.05, 3.63) is 45.8 Å². The van der Waals surface area contributed by atoms with Gasteiger partial charge < -0.3 is 19.7 Å². The SMILES string of the molecule is CCCN(CCC)C(=O)c1c(NC(=O)c2ccc(S(=O)(=O)N(CCOC)CCOC)cc2)sc2c1CCN(C(C)C)C2. The third-order valence-electron chi connectivity index (χ3n) is 7.38. The number of anilines is 1. The third-order valence-corrected chi connectivity index (χ3v) is 10.4. The summed E-state index contributed by atoms with van der Waals surface area (Å²) in [6, 6.07) is 6.26. The monoisotopic (exact) mass is 622 g/mol. The van der Waals surface area contributed by atoms with Gasteiger partial charge in [0, 0.05) is 70.0 Å². The molecular formula is C30H46N4O6S2. The third kappa shape index (κ3) is 8.18. The maximum atomic E-state index is 13.9. The number of hydrogen-bond acceptors (Lipinski definition) is 8. The molecule has 1 aromatic carbocycles. The highest BCUT2D eigenvalue weighted by atomic mass is 32.2. The maximum Gasteiger partial charge on any atom is 0.257 e. The Labute approximate surface area is 255 Å². The zero-order valence-corrected chi connectivity index (χ0v) is 27.4. The largest absolute Gasteiger partial charge is 0.383 e. The highest BCUT2D eigenvalue weighted by Gasteiger charge is 2.32. The van der Waals surface area contributed by atoms with Crippen LogP contribution in [0.15, 0.2) is 29.2 Å². The minimum Gasteiger partial charge on any atom is -0.383 e. The molecule has 42 heavy (non-hydrogen) atoms. The van der Waals surface area contributed by atoms with Gasteiger partial charge in [0.05, 0.1) is 23.7 Å². The zero-order valence-electron chi connectivity index (χ0n) is 25.8. The van der Waals surface area contributed by atoms with Crippen molar-refractivity contribution in [2.45, 2.75) is 64.4 Å². The lowest BCUT2D eigenvalue weighted by Gasteiger charge is -2.31. The molecule has 0 radical (unpaired) electrons. The Morgan fingerprint density at radius 2 is 1.60 bits per heavy atom. The molecule has 2 aromatic rings. The van der Waals surface area contributed by atoms with Crippen molar-refractivity contribution in [2.24, 2.45) is 0 Å². The molecule has 0 spiro atoms. The first-order valence-corrected chi connectivity index (χ1v) is 16.9. The minimum atomic E-state index is -3.81. The summed E-state index contributed by atoms with van der Waals surface area (Å²) in [5.74, 6) is -0.432. The van der Waals surface area contributed by atoms with E-state index in [0.29, 0.717) is 35.3 Å². The van der Waals surface area contributed by atoms with Gasteiger partial charge in [0.2, 0.25) is 10.0 Å². The molecule has 0 fully saturated rings. The van der Waals surface area contributed by atoms with Crippen molar-refractivity contribution < 1.29 is 27.5 Å². The van der Waals surface area contributed by atoms with E-state index >= 15 is 0 Å². The molecule has 0 saturated carbocycles. The van der Waals surface area contributed by atoms with Gasteiger partial charge in [0.25, 0.3) is 11.8 Å². The fourth-order valence-electron chi connectivity index (χ4n) is 5.03.